The molecule has 3 aromatic carbocycles. The van der Waals surface area contributed by atoms with E-state index in [0.717, 1.165) is 33.4 Å². The zero-order chi connectivity index (χ0) is 30.3. The van der Waals surface area contributed by atoms with Crippen LogP contribution in [0.2, 0.25) is 0 Å². The summed E-state index contributed by atoms with van der Waals surface area (Å²) < 4.78 is 0. The Morgan fingerprint density at radius 1 is 0.476 bits per heavy atom. The molecule has 42 heavy (non-hydrogen) atoms. The van der Waals surface area contributed by atoms with E-state index in [0.29, 0.717) is 19.6 Å². The third-order valence-electron chi connectivity index (χ3n) is 3.95. The van der Waals surface area contributed by atoms with Gasteiger partial charge in [-0.15, -0.1) is 18.2 Å². The maximum Gasteiger partial charge on any atom is 1.00 e. The topological polar surface area (TPSA) is 140 Å². The molecule has 0 bridgehead atoms. The first-order chi connectivity index (χ1) is 19.0. The Bertz CT molecular complexity index is 1080. The Kier molecular flexibility index (Phi) is 47.8. The molecule has 0 atom stereocenters. The number of aliphatic imine (C=N–C) groups is 3. The van der Waals surface area contributed by atoms with E-state index in [9.17, 15) is 14.4 Å². The summed E-state index contributed by atoms with van der Waals surface area (Å²) in [6.07, 6.45) is 4.47. The summed E-state index contributed by atoms with van der Waals surface area (Å²) in [4.78, 5) is 62.9. The van der Waals surface area contributed by atoms with Crippen LogP contribution < -0.4 is 56.6 Å². The molecule has 0 unspecified atom stereocenters. The molecule has 3 rings (SSSR count). The van der Waals surface area contributed by atoms with E-state index >= 15 is 0 Å². The van der Waals surface area contributed by atoms with Gasteiger partial charge in [-0.05, 0) is 0 Å². The van der Waals surface area contributed by atoms with Crippen molar-refractivity contribution in [2.45, 2.75) is 19.6 Å². The van der Waals surface area contributed by atoms with Gasteiger partial charge < -0.3 is 14.4 Å². The SMILES string of the molecule is [CH-]=O.[CH-]=O.[CH-]=O.[CH2-]c1cccc(CN=C=O)c1.[CH2-]c1cccc(CN=C=O)c1.[CH2-]c1cccc(CN=C=O)c1.[Li+].[Li+].[Li+]. The van der Waals surface area contributed by atoms with Crippen LogP contribution in [0.1, 0.15) is 33.4 Å². The molecule has 204 valence electrons. The van der Waals surface area contributed by atoms with E-state index in [-0.39, 0.29) is 56.6 Å². The molecular formula is C30H27Li3N3O6-3. The molecule has 0 aliphatic carbocycles. The minimum absolute atomic E-state index is 0. The van der Waals surface area contributed by atoms with Crippen molar-refractivity contribution in [2.24, 2.45) is 15.0 Å². The van der Waals surface area contributed by atoms with Crippen molar-refractivity contribution in [1.29, 1.82) is 0 Å². The van der Waals surface area contributed by atoms with E-state index in [4.69, 9.17) is 14.4 Å². The van der Waals surface area contributed by atoms with Crippen molar-refractivity contribution in [3.05, 3.63) is 127 Å². The molecule has 0 saturated heterocycles. The molecule has 3 aromatic rings. The van der Waals surface area contributed by atoms with E-state index < -0.39 is 0 Å². The molecule has 0 heterocycles. The van der Waals surface area contributed by atoms with E-state index in [2.05, 4.69) is 56.1 Å². The zero-order valence-electron chi connectivity index (χ0n) is 24.2. The molecule has 12 heteroatoms. The Morgan fingerprint density at radius 2 is 0.690 bits per heavy atom. The second kappa shape index (κ2) is 39.4. The van der Waals surface area contributed by atoms with Crippen molar-refractivity contribution < 1.29 is 85.3 Å². The Balaban J connectivity index is -0.000000103. The van der Waals surface area contributed by atoms with Gasteiger partial charge in [-0.3, -0.25) is 20.4 Å². The van der Waals surface area contributed by atoms with Gasteiger partial charge in [0.2, 0.25) is 18.2 Å². The normalized spacial score (nSPS) is 7.14. The molecular weight excluding hydrogens is 519 g/mol. The van der Waals surface area contributed by atoms with Gasteiger partial charge in [-0.1, -0.05) is 34.9 Å². The standard InChI is InChI=1S/3C9H8NO.3CHO.3Li/c3*1-8-3-2-4-9(5-8)6-10-7-11;3*1-2;;;/h3*2-5H,1,6H2;3*1H;;;/q6*-1;3*+1. The summed E-state index contributed by atoms with van der Waals surface area (Å²) in [6.45, 7) is 22.2. The Morgan fingerprint density at radius 3 is 0.857 bits per heavy atom. The first-order valence-corrected chi connectivity index (χ1v) is 10.5. The third kappa shape index (κ3) is 30.7. The number of hydrogen-bond acceptors (Lipinski definition) is 9. The number of benzene rings is 3. The van der Waals surface area contributed by atoms with Gasteiger partial charge >= 0.3 is 56.6 Å². The maximum atomic E-state index is 9.76. The Labute approximate surface area is 284 Å². The molecule has 0 N–H and O–H groups in total. The van der Waals surface area contributed by atoms with E-state index in [1.165, 1.54) is 18.2 Å². The molecule has 9 nitrogen and oxygen atoms in total. The second-order valence-electron chi connectivity index (χ2n) is 6.68. The predicted octanol–water partition coefficient (Wildman–Crippen LogP) is -4.70. The van der Waals surface area contributed by atoms with Gasteiger partial charge in [0.05, 0.1) is 19.6 Å². The second-order valence-corrected chi connectivity index (χ2v) is 6.68. The average Bonchev–Trinajstić information content (AvgIpc) is 2.98. The number of hydrogen-bond donors (Lipinski definition) is 0. The third-order valence-corrected chi connectivity index (χ3v) is 3.95. The van der Waals surface area contributed by atoms with Crippen LogP contribution in [0.4, 0.5) is 0 Å². The van der Waals surface area contributed by atoms with Crippen LogP contribution >= 0.6 is 0 Å². The van der Waals surface area contributed by atoms with E-state index in [1.807, 2.05) is 72.8 Å². The van der Waals surface area contributed by atoms with Crippen molar-refractivity contribution in [1.82, 2.24) is 0 Å². The molecule has 0 aliphatic rings. The van der Waals surface area contributed by atoms with Gasteiger partial charge in [0.15, 0.2) is 0 Å². The van der Waals surface area contributed by atoms with Crippen molar-refractivity contribution in [2.75, 3.05) is 0 Å². The maximum absolute atomic E-state index is 9.76. The summed E-state index contributed by atoms with van der Waals surface area (Å²) >= 11 is 0. The molecule has 0 spiro atoms. The molecule has 0 amide bonds. The summed E-state index contributed by atoms with van der Waals surface area (Å²) in [5.41, 5.74) is 5.76. The van der Waals surface area contributed by atoms with Crippen molar-refractivity contribution in [3.8, 4) is 0 Å². The summed E-state index contributed by atoms with van der Waals surface area (Å²) in [5.74, 6) is 0. The van der Waals surface area contributed by atoms with Crippen LogP contribution in [0.3, 0.4) is 0 Å². The van der Waals surface area contributed by atoms with Crippen LogP contribution in [-0.4, -0.2) is 38.6 Å². The first-order valence-electron chi connectivity index (χ1n) is 10.5. The first kappa shape index (κ1) is 51.0. The largest absolute Gasteiger partial charge is 1.00 e. The van der Waals surface area contributed by atoms with Gasteiger partial charge in [0, 0.05) is 0 Å². The minimum Gasteiger partial charge on any atom is -0.545 e. The summed E-state index contributed by atoms with van der Waals surface area (Å²) in [6, 6.07) is 22.7. The number of nitrogens with zero attached hydrogens (tertiary/aromatic N) is 3. The molecule has 0 aliphatic heterocycles. The number of isocyanates is 3. The van der Waals surface area contributed by atoms with Gasteiger partial charge in [0.25, 0.3) is 0 Å². The molecule has 0 radical (unpaired) electrons. The molecule has 0 aromatic heterocycles. The molecule has 0 saturated carbocycles. The van der Waals surface area contributed by atoms with Gasteiger partial charge in [-0.25, -0.2) is 29.4 Å². The summed E-state index contributed by atoms with van der Waals surface area (Å²) in [7, 11) is 0. The fourth-order valence-electron chi connectivity index (χ4n) is 2.55. The van der Waals surface area contributed by atoms with E-state index in [1.54, 1.807) is 0 Å². The zero-order valence-corrected chi connectivity index (χ0v) is 24.2. The average molecular weight is 546 g/mol. The van der Waals surface area contributed by atoms with Gasteiger partial charge in [0.1, 0.15) is 0 Å². The van der Waals surface area contributed by atoms with Crippen LogP contribution in [0.5, 0.6) is 0 Å². The van der Waals surface area contributed by atoms with Crippen LogP contribution in [-0.2, 0) is 48.4 Å². The number of rotatable bonds is 6. The van der Waals surface area contributed by atoms with Crippen LogP contribution in [0.15, 0.2) is 87.8 Å². The fourth-order valence-corrected chi connectivity index (χ4v) is 2.55. The predicted molar refractivity (Wildman–Crippen MR) is 148 cm³/mol. The van der Waals surface area contributed by atoms with Crippen LogP contribution in [0.25, 0.3) is 0 Å². The Hall–Kier alpha value is -3.79. The van der Waals surface area contributed by atoms with Crippen molar-refractivity contribution in [3.63, 3.8) is 0 Å². The minimum atomic E-state index is 0. The fraction of sp³-hybridized carbons (Fsp3) is 0.100. The monoisotopic (exact) mass is 546 g/mol. The van der Waals surface area contributed by atoms with Gasteiger partial charge in [-0.2, -0.15) is 73.9 Å². The van der Waals surface area contributed by atoms with Crippen molar-refractivity contribution >= 4 is 38.6 Å². The molecule has 0 fully saturated rings. The quantitative estimate of drug-likeness (QED) is 0.100. The number of carbonyl (C=O) groups excluding carboxylic acids is 6. The smallest absolute Gasteiger partial charge is 0.545 e. The summed E-state index contributed by atoms with van der Waals surface area (Å²) in [5, 5.41) is 0. The van der Waals surface area contributed by atoms with Crippen LogP contribution in [0, 0.1) is 20.8 Å².